The molecule has 0 N–H and O–H groups in total. The molecule has 0 atom stereocenters. The van der Waals surface area contributed by atoms with E-state index in [1.165, 1.54) is 45.4 Å². The van der Waals surface area contributed by atoms with E-state index in [2.05, 4.69) is 6.92 Å². The fraction of sp³-hybridized carbons (Fsp3) is 0.875. The Morgan fingerprint density at radius 3 is 1.36 bits per heavy atom. The summed E-state index contributed by atoms with van der Waals surface area (Å²) in [6, 6.07) is 0. The van der Waals surface area contributed by atoms with Crippen LogP contribution in [-0.4, -0.2) is 11.9 Å². The number of unbranched alkanes of at least 4 members (excludes halogenated alkanes) is 9. The summed E-state index contributed by atoms with van der Waals surface area (Å²) in [6.45, 7) is 3.37. The van der Waals surface area contributed by atoms with Gasteiger partial charge in [0.2, 0.25) is 0 Å². The Bertz CT molecular complexity index is 282. The summed E-state index contributed by atoms with van der Waals surface area (Å²) in [7, 11) is 0. The van der Waals surface area contributed by atoms with Crippen LogP contribution in [0.4, 0.5) is 0 Å². The summed E-state index contributed by atoms with van der Waals surface area (Å²) >= 11 is 0. The van der Waals surface area contributed by atoms with Crippen LogP contribution in [0.1, 0.15) is 84.5 Å². The van der Waals surface area contributed by atoms with Crippen LogP contribution in [-0.2, 0) is 9.59 Å². The predicted molar refractivity (Wildman–Crippen MR) is 74.6 cm³/mol. The van der Waals surface area contributed by atoms with Gasteiger partial charge in [-0.05, 0) is 13.3 Å². The van der Waals surface area contributed by atoms with Gasteiger partial charge in [0, 0.05) is 5.41 Å². The van der Waals surface area contributed by atoms with Gasteiger partial charge in [-0.25, -0.2) is 0 Å². The van der Waals surface area contributed by atoms with Crippen molar-refractivity contribution >= 4 is 11.9 Å². The Labute approximate surface area is 159 Å². The number of carboxylic acids is 2. The van der Waals surface area contributed by atoms with Crippen molar-refractivity contribution in [3.63, 3.8) is 0 Å². The summed E-state index contributed by atoms with van der Waals surface area (Å²) in [6.07, 6.45) is 11.4. The standard InChI is InChI=1S/C16H30O4.2Li/c1-3-4-5-6-7-8-9-10-11-12-13-16(2,14(17)18)15(19)20;;/h3-13H2,1-2H3,(H,17,18)(H,19,20);;/q;2*+1/p-2. The number of hydrogen-bond donors (Lipinski definition) is 0. The fourth-order valence-electron chi connectivity index (χ4n) is 2.25. The van der Waals surface area contributed by atoms with E-state index in [0.717, 1.165) is 19.3 Å². The smallest absolute Gasteiger partial charge is 0.549 e. The van der Waals surface area contributed by atoms with Gasteiger partial charge in [0.05, 0.1) is 11.9 Å². The van der Waals surface area contributed by atoms with Gasteiger partial charge in [0.25, 0.3) is 0 Å². The van der Waals surface area contributed by atoms with Gasteiger partial charge in [0.15, 0.2) is 0 Å². The zero-order valence-corrected chi connectivity index (χ0v) is 14.9. The van der Waals surface area contributed by atoms with Crippen molar-refractivity contribution in [2.45, 2.75) is 84.5 Å². The summed E-state index contributed by atoms with van der Waals surface area (Å²) < 4.78 is 0. The Balaban J connectivity index is -0.00000180. The molecule has 118 valence electrons. The number of carboxylic acid groups (broad SMARTS) is 2. The molecule has 0 aliphatic heterocycles. The van der Waals surface area contributed by atoms with Crippen LogP contribution in [0.5, 0.6) is 0 Å². The van der Waals surface area contributed by atoms with Gasteiger partial charge in [-0.3, -0.25) is 0 Å². The number of carbonyl (C=O) groups excluding carboxylic acids is 2. The second kappa shape index (κ2) is 16.0. The molecule has 0 aliphatic carbocycles. The maximum Gasteiger partial charge on any atom is 1.00 e. The van der Waals surface area contributed by atoms with Crippen molar-refractivity contribution < 1.29 is 57.5 Å². The maximum absolute atomic E-state index is 10.8. The minimum Gasteiger partial charge on any atom is -0.549 e. The summed E-state index contributed by atoms with van der Waals surface area (Å²) in [5, 5.41) is 21.6. The normalized spacial score (nSPS) is 10.5. The summed E-state index contributed by atoms with van der Waals surface area (Å²) in [4.78, 5) is 21.6. The first kappa shape index (κ1) is 27.0. The zero-order valence-electron chi connectivity index (χ0n) is 14.9. The maximum atomic E-state index is 10.8. The second-order valence-electron chi connectivity index (χ2n) is 5.84. The van der Waals surface area contributed by atoms with Crippen molar-refractivity contribution in [1.29, 1.82) is 0 Å². The molecule has 0 rings (SSSR count). The number of carbonyl (C=O) groups is 2. The van der Waals surface area contributed by atoms with E-state index in [-0.39, 0.29) is 44.1 Å². The van der Waals surface area contributed by atoms with Gasteiger partial charge in [0.1, 0.15) is 0 Å². The largest absolute Gasteiger partial charge is 1.00 e. The van der Waals surface area contributed by atoms with Gasteiger partial charge in [-0.1, -0.05) is 71.1 Å². The average Bonchev–Trinajstić information content (AvgIpc) is 2.40. The quantitative estimate of drug-likeness (QED) is 0.196. The van der Waals surface area contributed by atoms with Crippen LogP contribution in [0, 0.1) is 5.41 Å². The topological polar surface area (TPSA) is 80.3 Å². The van der Waals surface area contributed by atoms with E-state index in [4.69, 9.17) is 0 Å². The zero-order chi connectivity index (χ0) is 15.4. The molecular formula is C16H28Li2O4. The molecule has 0 radical (unpaired) electrons. The molecule has 0 aromatic rings. The molecule has 6 heteroatoms. The molecule has 0 bridgehead atoms. The van der Waals surface area contributed by atoms with Crippen LogP contribution in [0.25, 0.3) is 0 Å². The fourth-order valence-corrected chi connectivity index (χ4v) is 2.25. The molecule has 22 heavy (non-hydrogen) atoms. The third-order valence-electron chi connectivity index (χ3n) is 3.93. The third-order valence-corrected chi connectivity index (χ3v) is 3.93. The predicted octanol–water partition coefficient (Wildman–Crippen LogP) is -4.19. The number of hydrogen-bond acceptors (Lipinski definition) is 4. The van der Waals surface area contributed by atoms with Crippen LogP contribution in [0.3, 0.4) is 0 Å². The third kappa shape index (κ3) is 11.7. The number of rotatable bonds is 13. The van der Waals surface area contributed by atoms with Crippen molar-refractivity contribution in [3.05, 3.63) is 0 Å². The summed E-state index contributed by atoms with van der Waals surface area (Å²) in [5.41, 5.74) is -1.85. The molecular weight excluding hydrogens is 270 g/mol. The van der Waals surface area contributed by atoms with E-state index < -0.39 is 17.4 Å². The molecule has 0 amide bonds. The Hall–Kier alpha value is 0.135. The molecule has 0 saturated carbocycles. The molecule has 0 aromatic carbocycles. The van der Waals surface area contributed by atoms with Crippen LogP contribution in [0.15, 0.2) is 0 Å². The van der Waals surface area contributed by atoms with E-state index in [0.29, 0.717) is 6.42 Å². The molecule has 0 spiro atoms. The monoisotopic (exact) mass is 298 g/mol. The SMILES string of the molecule is CCCCCCCCCCCCC(C)(C(=O)[O-])C(=O)[O-].[Li+].[Li+]. The molecule has 0 unspecified atom stereocenters. The Kier molecular flexibility index (Phi) is 19.7. The first-order chi connectivity index (χ1) is 9.45. The molecule has 0 aromatic heterocycles. The first-order valence-electron chi connectivity index (χ1n) is 7.88. The van der Waals surface area contributed by atoms with Crippen molar-refractivity contribution in [1.82, 2.24) is 0 Å². The first-order valence-corrected chi connectivity index (χ1v) is 7.88. The molecule has 0 fully saturated rings. The van der Waals surface area contributed by atoms with Crippen LogP contribution >= 0.6 is 0 Å². The minimum atomic E-state index is -1.85. The van der Waals surface area contributed by atoms with Crippen molar-refractivity contribution in [2.75, 3.05) is 0 Å². The summed E-state index contributed by atoms with van der Waals surface area (Å²) in [5.74, 6) is -3.10. The van der Waals surface area contributed by atoms with Crippen molar-refractivity contribution in [2.24, 2.45) is 5.41 Å². The Morgan fingerprint density at radius 1 is 0.727 bits per heavy atom. The number of aliphatic carboxylic acids is 2. The van der Waals surface area contributed by atoms with E-state index in [1.54, 1.807) is 0 Å². The molecule has 0 saturated heterocycles. The van der Waals surface area contributed by atoms with E-state index >= 15 is 0 Å². The average molecular weight is 298 g/mol. The van der Waals surface area contributed by atoms with E-state index in [1.807, 2.05) is 0 Å². The molecule has 0 heterocycles. The van der Waals surface area contributed by atoms with Gasteiger partial charge < -0.3 is 19.8 Å². The van der Waals surface area contributed by atoms with Gasteiger partial charge in [-0.2, -0.15) is 0 Å². The van der Waals surface area contributed by atoms with Gasteiger partial charge in [-0.15, -0.1) is 0 Å². The van der Waals surface area contributed by atoms with E-state index in [9.17, 15) is 19.8 Å². The van der Waals surface area contributed by atoms with Crippen LogP contribution in [0.2, 0.25) is 0 Å². The van der Waals surface area contributed by atoms with Crippen molar-refractivity contribution in [3.8, 4) is 0 Å². The second-order valence-corrected chi connectivity index (χ2v) is 5.84. The molecule has 0 aliphatic rings. The molecule has 4 nitrogen and oxygen atoms in total. The minimum absolute atomic E-state index is 0. The van der Waals surface area contributed by atoms with Gasteiger partial charge >= 0.3 is 37.7 Å². The van der Waals surface area contributed by atoms with Crippen LogP contribution < -0.4 is 47.9 Å². The Morgan fingerprint density at radius 2 is 1.05 bits per heavy atom.